The Labute approximate surface area is 159 Å². The molecule has 12 heteroatoms. The molecule has 12 nitrogen and oxygen atoms in total. The van der Waals surface area contributed by atoms with Gasteiger partial charge in [-0.05, 0) is 19.8 Å². The van der Waals surface area contributed by atoms with Crippen LogP contribution < -0.4 is 0 Å². The minimum atomic E-state index is -0.222. The summed E-state index contributed by atoms with van der Waals surface area (Å²) in [5, 5.41) is 23.0. The fourth-order valence-corrected chi connectivity index (χ4v) is 3.87. The number of aromatic amines is 1. The lowest BCUT2D eigenvalue weighted by atomic mass is 9.99. The molecule has 1 atom stereocenters. The SMILES string of the molecule is C[C@H]1CN(C(=O)c2nc(-n3cnnc3)n[nH]2)Cc2nnc(C3CCOCC3)n21. The number of rotatable bonds is 3. The van der Waals surface area contributed by atoms with Crippen molar-refractivity contribution in [3.8, 4) is 5.95 Å². The van der Waals surface area contributed by atoms with Gasteiger partial charge in [-0.3, -0.25) is 14.5 Å². The Morgan fingerprint density at radius 1 is 1.21 bits per heavy atom. The number of fused-ring (bicyclic) bond motifs is 1. The molecular formula is C16H20N10O2. The van der Waals surface area contributed by atoms with E-state index in [4.69, 9.17) is 4.74 Å². The molecule has 0 radical (unpaired) electrons. The van der Waals surface area contributed by atoms with Gasteiger partial charge < -0.3 is 14.2 Å². The van der Waals surface area contributed by atoms with Crippen LogP contribution in [0.4, 0.5) is 0 Å². The Morgan fingerprint density at radius 3 is 2.79 bits per heavy atom. The third kappa shape index (κ3) is 2.85. The van der Waals surface area contributed by atoms with Crippen LogP contribution in [0.2, 0.25) is 0 Å². The molecule has 1 saturated heterocycles. The van der Waals surface area contributed by atoms with Crippen LogP contribution in [-0.2, 0) is 11.3 Å². The Hall–Kier alpha value is -3.15. The summed E-state index contributed by atoms with van der Waals surface area (Å²) in [7, 11) is 0. The van der Waals surface area contributed by atoms with Gasteiger partial charge in [-0.1, -0.05) is 0 Å². The topological polar surface area (TPSA) is 133 Å². The predicted molar refractivity (Wildman–Crippen MR) is 93.6 cm³/mol. The van der Waals surface area contributed by atoms with E-state index in [1.807, 2.05) is 0 Å². The van der Waals surface area contributed by atoms with Gasteiger partial charge >= 0.3 is 0 Å². The van der Waals surface area contributed by atoms with Crippen molar-refractivity contribution in [1.29, 1.82) is 0 Å². The number of amides is 1. The first-order valence-electron chi connectivity index (χ1n) is 9.29. The molecule has 1 N–H and O–H groups in total. The maximum atomic E-state index is 12.9. The predicted octanol–water partition coefficient (Wildman–Crippen LogP) is 0.0879. The summed E-state index contributed by atoms with van der Waals surface area (Å²) in [6, 6.07) is 0.0841. The molecule has 0 aromatic carbocycles. The van der Waals surface area contributed by atoms with Gasteiger partial charge in [0.05, 0.1) is 12.6 Å². The van der Waals surface area contributed by atoms with Gasteiger partial charge in [0, 0.05) is 25.7 Å². The van der Waals surface area contributed by atoms with Crippen LogP contribution in [0.25, 0.3) is 5.95 Å². The first-order chi connectivity index (χ1) is 13.7. The second kappa shape index (κ2) is 6.78. The van der Waals surface area contributed by atoms with Crippen molar-refractivity contribution in [2.24, 2.45) is 0 Å². The van der Waals surface area contributed by atoms with Gasteiger partial charge in [0.25, 0.3) is 11.9 Å². The average molecular weight is 384 g/mol. The van der Waals surface area contributed by atoms with E-state index in [1.54, 1.807) is 4.90 Å². The minimum absolute atomic E-state index is 0.0841. The molecule has 0 aliphatic carbocycles. The summed E-state index contributed by atoms with van der Waals surface area (Å²) < 4.78 is 9.17. The van der Waals surface area contributed by atoms with E-state index in [0.717, 1.165) is 37.7 Å². The molecule has 1 amide bonds. The number of hydrogen-bond donors (Lipinski definition) is 1. The zero-order valence-corrected chi connectivity index (χ0v) is 15.4. The standard InChI is InChI=1S/C16H20N10O2/c1-10-6-24(15(27)13-19-16(23-21-13)25-8-17-18-9-25)7-12-20-22-14(26(10)12)11-2-4-28-5-3-11/h8-11H,2-7H2,1H3,(H,19,21,23)/t10-/m0/s1. The summed E-state index contributed by atoms with van der Waals surface area (Å²) in [4.78, 5) is 18.9. The summed E-state index contributed by atoms with van der Waals surface area (Å²) in [5.41, 5.74) is 0. The van der Waals surface area contributed by atoms with Gasteiger partial charge in [-0.2, -0.15) is 4.98 Å². The third-order valence-corrected chi connectivity index (χ3v) is 5.25. The van der Waals surface area contributed by atoms with E-state index in [-0.39, 0.29) is 17.8 Å². The van der Waals surface area contributed by atoms with Crippen molar-refractivity contribution in [2.45, 2.75) is 38.3 Å². The molecule has 3 aromatic heterocycles. The van der Waals surface area contributed by atoms with Crippen LogP contribution in [0.1, 0.15) is 54.0 Å². The number of nitrogens with one attached hydrogen (secondary N) is 1. The number of aromatic nitrogens is 9. The van der Waals surface area contributed by atoms with Crippen molar-refractivity contribution < 1.29 is 9.53 Å². The third-order valence-electron chi connectivity index (χ3n) is 5.25. The lowest BCUT2D eigenvalue weighted by molar-refractivity contribution is 0.0657. The fourth-order valence-electron chi connectivity index (χ4n) is 3.87. The summed E-state index contributed by atoms with van der Waals surface area (Å²) in [5.74, 6) is 2.44. The molecule has 5 rings (SSSR count). The van der Waals surface area contributed by atoms with Gasteiger partial charge in [0.15, 0.2) is 5.82 Å². The maximum absolute atomic E-state index is 12.9. The van der Waals surface area contributed by atoms with Gasteiger partial charge in [-0.25, -0.2) is 0 Å². The Balaban J connectivity index is 1.36. The molecule has 0 bridgehead atoms. The van der Waals surface area contributed by atoms with Crippen LogP contribution in [0, 0.1) is 0 Å². The fraction of sp³-hybridized carbons (Fsp3) is 0.562. The molecule has 0 saturated carbocycles. The first-order valence-corrected chi connectivity index (χ1v) is 9.29. The highest BCUT2D eigenvalue weighted by Crippen LogP contribution is 2.31. The van der Waals surface area contributed by atoms with E-state index in [2.05, 4.69) is 47.1 Å². The molecule has 2 aliphatic heterocycles. The summed E-state index contributed by atoms with van der Waals surface area (Å²) >= 11 is 0. The maximum Gasteiger partial charge on any atom is 0.291 e. The summed E-state index contributed by atoms with van der Waals surface area (Å²) in [6.45, 7) is 4.54. The number of carbonyl (C=O) groups excluding carboxylic acids is 1. The lowest BCUT2D eigenvalue weighted by Crippen LogP contribution is -2.41. The minimum Gasteiger partial charge on any atom is -0.381 e. The molecule has 3 aromatic rings. The molecule has 1 fully saturated rings. The van der Waals surface area contributed by atoms with E-state index >= 15 is 0 Å². The zero-order chi connectivity index (χ0) is 19.1. The second-order valence-electron chi connectivity index (χ2n) is 7.12. The summed E-state index contributed by atoms with van der Waals surface area (Å²) in [6.07, 6.45) is 4.86. The molecule has 0 unspecified atom stereocenters. The lowest BCUT2D eigenvalue weighted by Gasteiger charge is -2.33. The normalized spacial score (nSPS) is 20.3. The number of carbonyl (C=O) groups is 1. The van der Waals surface area contributed by atoms with E-state index in [1.165, 1.54) is 17.2 Å². The van der Waals surface area contributed by atoms with Crippen molar-refractivity contribution in [3.05, 3.63) is 30.1 Å². The zero-order valence-electron chi connectivity index (χ0n) is 15.4. The van der Waals surface area contributed by atoms with Crippen LogP contribution >= 0.6 is 0 Å². The highest BCUT2D eigenvalue weighted by molar-refractivity contribution is 5.90. The van der Waals surface area contributed by atoms with Crippen molar-refractivity contribution in [1.82, 2.24) is 49.6 Å². The highest BCUT2D eigenvalue weighted by Gasteiger charge is 2.33. The van der Waals surface area contributed by atoms with Gasteiger partial charge in [-0.15, -0.1) is 25.5 Å². The Morgan fingerprint density at radius 2 is 2.00 bits per heavy atom. The number of nitrogens with zero attached hydrogens (tertiary/aromatic N) is 9. The molecule has 28 heavy (non-hydrogen) atoms. The number of ether oxygens (including phenoxy) is 1. The Bertz CT molecular complexity index is 972. The van der Waals surface area contributed by atoms with Crippen molar-refractivity contribution in [2.75, 3.05) is 19.8 Å². The molecular weight excluding hydrogens is 364 g/mol. The molecule has 146 valence electrons. The van der Waals surface area contributed by atoms with Crippen molar-refractivity contribution in [3.63, 3.8) is 0 Å². The number of hydrogen-bond acceptors (Lipinski definition) is 8. The molecule has 0 spiro atoms. The smallest absolute Gasteiger partial charge is 0.291 e. The first kappa shape index (κ1) is 17.0. The van der Waals surface area contributed by atoms with Crippen molar-refractivity contribution >= 4 is 5.91 Å². The Kier molecular flexibility index (Phi) is 4.11. The number of H-pyrrole nitrogens is 1. The average Bonchev–Trinajstić information content (AvgIpc) is 3.47. The largest absolute Gasteiger partial charge is 0.381 e. The van der Waals surface area contributed by atoms with Gasteiger partial charge in [0.1, 0.15) is 18.5 Å². The van der Waals surface area contributed by atoms with Crippen LogP contribution in [0.3, 0.4) is 0 Å². The van der Waals surface area contributed by atoms with E-state index in [9.17, 15) is 4.79 Å². The van der Waals surface area contributed by atoms with Crippen LogP contribution in [0.5, 0.6) is 0 Å². The van der Waals surface area contributed by atoms with E-state index < -0.39 is 0 Å². The monoisotopic (exact) mass is 384 g/mol. The van der Waals surface area contributed by atoms with Crippen LogP contribution in [-0.4, -0.2) is 75.3 Å². The van der Waals surface area contributed by atoms with Gasteiger partial charge in [0.2, 0.25) is 5.82 Å². The van der Waals surface area contributed by atoms with Crippen LogP contribution in [0.15, 0.2) is 12.7 Å². The van der Waals surface area contributed by atoms with E-state index in [0.29, 0.717) is 25.0 Å². The second-order valence-corrected chi connectivity index (χ2v) is 7.12. The highest BCUT2D eigenvalue weighted by atomic mass is 16.5. The quantitative estimate of drug-likeness (QED) is 0.672. The molecule has 5 heterocycles. The molecule has 2 aliphatic rings.